The van der Waals surface area contributed by atoms with E-state index in [0.717, 1.165) is 32.1 Å². The van der Waals surface area contributed by atoms with Gasteiger partial charge in [0.1, 0.15) is 5.69 Å². The molecular formula is C21H17Cl2N3OS. The number of fused-ring (bicyclic) bond motifs is 1. The molecule has 4 aromatic rings. The summed E-state index contributed by atoms with van der Waals surface area (Å²) >= 11 is 13.6. The second kappa shape index (κ2) is 7.32. The van der Waals surface area contributed by atoms with Crippen LogP contribution in [0.5, 0.6) is 0 Å². The first-order chi connectivity index (χ1) is 13.3. The first-order valence-electron chi connectivity index (χ1n) is 8.73. The van der Waals surface area contributed by atoms with E-state index in [-0.39, 0.29) is 5.56 Å². The van der Waals surface area contributed by atoms with Crippen molar-refractivity contribution in [2.45, 2.75) is 27.3 Å². The molecule has 0 spiro atoms. The van der Waals surface area contributed by atoms with Crippen LogP contribution in [0.1, 0.15) is 21.7 Å². The molecule has 28 heavy (non-hydrogen) atoms. The molecule has 0 saturated heterocycles. The van der Waals surface area contributed by atoms with Crippen LogP contribution in [0.15, 0.2) is 41.2 Å². The molecule has 0 unspecified atom stereocenters. The van der Waals surface area contributed by atoms with E-state index in [9.17, 15) is 4.79 Å². The minimum absolute atomic E-state index is 0.209. The van der Waals surface area contributed by atoms with Crippen LogP contribution >= 0.6 is 34.5 Å². The number of thiazole rings is 1. The summed E-state index contributed by atoms with van der Waals surface area (Å²) in [5.74, 6) is 0. The highest BCUT2D eigenvalue weighted by molar-refractivity contribution is 7.19. The van der Waals surface area contributed by atoms with Crippen molar-refractivity contribution in [1.29, 1.82) is 0 Å². The van der Waals surface area contributed by atoms with E-state index in [4.69, 9.17) is 28.3 Å². The Bertz CT molecular complexity index is 1280. The van der Waals surface area contributed by atoms with Crippen molar-refractivity contribution in [1.82, 2.24) is 14.8 Å². The predicted octanol–water partition coefficient (Wildman–Crippen LogP) is 5.80. The summed E-state index contributed by atoms with van der Waals surface area (Å²) in [7, 11) is 0. The Labute approximate surface area is 176 Å². The lowest BCUT2D eigenvalue weighted by atomic mass is 10.0. The third-order valence-corrected chi connectivity index (χ3v) is 6.28. The molecule has 0 radical (unpaired) electrons. The number of aromatic nitrogens is 3. The van der Waals surface area contributed by atoms with E-state index < -0.39 is 0 Å². The molecule has 4 nitrogen and oxygen atoms in total. The van der Waals surface area contributed by atoms with E-state index in [1.807, 2.05) is 13.0 Å². The second-order valence-electron chi connectivity index (χ2n) is 6.79. The highest BCUT2D eigenvalue weighted by Crippen LogP contribution is 2.32. The molecule has 0 atom stereocenters. The lowest BCUT2D eigenvalue weighted by Gasteiger charge is -2.11. The summed E-state index contributed by atoms with van der Waals surface area (Å²) in [4.78, 5) is 17.5. The van der Waals surface area contributed by atoms with Crippen LogP contribution < -0.4 is 5.56 Å². The fraction of sp³-hybridized carbons (Fsp3) is 0.190. The van der Waals surface area contributed by atoms with E-state index in [2.05, 4.69) is 37.0 Å². The van der Waals surface area contributed by atoms with Gasteiger partial charge in [-0.2, -0.15) is 5.10 Å². The minimum atomic E-state index is -0.209. The Morgan fingerprint density at radius 3 is 2.54 bits per heavy atom. The number of hydrogen-bond donors (Lipinski definition) is 0. The quantitative estimate of drug-likeness (QED) is 0.413. The van der Waals surface area contributed by atoms with Gasteiger partial charge in [-0.3, -0.25) is 4.79 Å². The summed E-state index contributed by atoms with van der Waals surface area (Å²) < 4.78 is 2.27. The molecule has 0 saturated carbocycles. The van der Waals surface area contributed by atoms with Crippen molar-refractivity contribution in [3.63, 3.8) is 0 Å². The number of halogens is 2. The van der Waals surface area contributed by atoms with Crippen molar-refractivity contribution < 1.29 is 0 Å². The average Bonchev–Trinajstić information content (AvgIpc) is 3.03. The van der Waals surface area contributed by atoms with Crippen LogP contribution in [0.2, 0.25) is 10.0 Å². The van der Waals surface area contributed by atoms with Crippen molar-refractivity contribution in [2.24, 2.45) is 0 Å². The maximum Gasteiger partial charge on any atom is 0.294 e. The first-order valence-corrected chi connectivity index (χ1v) is 10.3. The molecule has 2 aromatic heterocycles. The standard InChI is InChI=1S/C21H17Cl2N3OS/c1-11-4-6-15(12(2)8-11)18-20-19(24-13(3)28-20)21(27)26(25-18)10-14-5-7-16(22)17(23)9-14/h4-9H,10H2,1-3H3. The van der Waals surface area contributed by atoms with E-state index in [0.29, 0.717) is 22.1 Å². The third kappa shape index (κ3) is 3.46. The van der Waals surface area contributed by atoms with Gasteiger partial charge in [-0.25, -0.2) is 9.67 Å². The molecule has 4 rings (SSSR count). The molecule has 0 bridgehead atoms. The van der Waals surface area contributed by atoms with Crippen LogP contribution in [0.3, 0.4) is 0 Å². The fourth-order valence-corrected chi connectivity index (χ4v) is 4.47. The van der Waals surface area contributed by atoms with Gasteiger partial charge >= 0.3 is 0 Å². The first kappa shape index (κ1) is 19.1. The smallest absolute Gasteiger partial charge is 0.265 e. The van der Waals surface area contributed by atoms with Crippen LogP contribution in [0, 0.1) is 20.8 Å². The van der Waals surface area contributed by atoms with Crippen molar-refractivity contribution >= 4 is 44.8 Å². The van der Waals surface area contributed by atoms with Gasteiger partial charge < -0.3 is 0 Å². The molecule has 2 aromatic carbocycles. The third-order valence-electron chi connectivity index (χ3n) is 4.56. The van der Waals surface area contributed by atoms with Crippen LogP contribution in [-0.4, -0.2) is 14.8 Å². The van der Waals surface area contributed by atoms with Crippen molar-refractivity contribution in [3.8, 4) is 11.3 Å². The van der Waals surface area contributed by atoms with E-state index in [1.165, 1.54) is 21.6 Å². The number of aryl methyl sites for hydroxylation is 3. The molecule has 0 aliphatic heterocycles. The molecule has 0 N–H and O–H groups in total. The summed E-state index contributed by atoms with van der Waals surface area (Å²) in [5, 5.41) is 6.49. The van der Waals surface area contributed by atoms with Crippen LogP contribution in [0.25, 0.3) is 21.5 Å². The largest absolute Gasteiger partial charge is 0.294 e. The van der Waals surface area contributed by atoms with Gasteiger partial charge in [0.05, 0.1) is 26.3 Å². The topological polar surface area (TPSA) is 47.8 Å². The summed E-state index contributed by atoms with van der Waals surface area (Å²) in [6, 6.07) is 11.5. The van der Waals surface area contributed by atoms with Gasteiger partial charge in [-0.15, -0.1) is 11.3 Å². The Balaban J connectivity index is 1.93. The fourth-order valence-electron chi connectivity index (χ4n) is 3.24. The number of hydrogen-bond acceptors (Lipinski definition) is 4. The van der Waals surface area contributed by atoms with Gasteiger partial charge in [0.2, 0.25) is 0 Å². The van der Waals surface area contributed by atoms with Gasteiger partial charge in [0.25, 0.3) is 5.56 Å². The molecule has 0 fully saturated rings. The van der Waals surface area contributed by atoms with Gasteiger partial charge in [-0.05, 0) is 44.0 Å². The zero-order valence-electron chi connectivity index (χ0n) is 15.6. The molecule has 0 amide bonds. The number of nitrogens with zero attached hydrogens (tertiary/aromatic N) is 3. The molecule has 142 valence electrons. The molecule has 0 aliphatic carbocycles. The lowest BCUT2D eigenvalue weighted by molar-refractivity contribution is 0.650. The maximum absolute atomic E-state index is 13.0. The summed E-state index contributed by atoms with van der Waals surface area (Å²) in [6.45, 7) is 6.30. The Hall–Kier alpha value is -2.21. The Kier molecular flexibility index (Phi) is 5.00. The number of benzene rings is 2. The molecule has 0 aliphatic rings. The second-order valence-corrected chi connectivity index (χ2v) is 8.81. The SMILES string of the molecule is Cc1ccc(-c2nn(Cc3ccc(Cl)c(Cl)c3)c(=O)c3nc(C)sc23)c(C)c1. The summed E-state index contributed by atoms with van der Waals surface area (Å²) in [6.07, 6.45) is 0. The monoisotopic (exact) mass is 429 g/mol. The molecule has 2 heterocycles. The van der Waals surface area contributed by atoms with Crippen LogP contribution in [0.4, 0.5) is 0 Å². The van der Waals surface area contributed by atoms with Gasteiger partial charge in [0.15, 0.2) is 5.52 Å². The Morgan fingerprint density at radius 1 is 1.04 bits per heavy atom. The van der Waals surface area contributed by atoms with E-state index in [1.54, 1.807) is 12.1 Å². The lowest BCUT2D eigenvalue weighted by Crippen LogP contribution is -2.24. The van der Waals surface area contributed by atoms with Crippen molar-refractivity contribution in [2.75, 3.05) is 0 Å². The van der Waals surface area contributed by atoms with Gasteiger partial charge in [-0.1, -0.05) is 53.0 Å². The van der Waals surface area contributed by atoms with Crippen LogP contribution in [-0.2, 0) is 6.54 Å². The van der Waals surface area contributed by atoms with E-state index >= 15 is 0 Å². The normalized spacial score (nSPS) is 11.3. The summed E-state index contributed by atoms with van der Waals surface area (Å²) in [5.41, 5.74) is 5.16. The zero-order chi connectivity index (χ0) is 20.0. The Morgan fingerprint density at radius 2 is 1.82 bits per heavy atom. The van der Waals surface area contributed by atoms with Gasteiger partial charge in [0, 0.05) is 5.56 Å². The highest BCUT2D eigenvalue weighted by Gasteiger charge is 2.18. The highest BCUT2D eigenvalue weighted by atomic mass is 35.5. The minimum Gasteiger partial charge on any atom is -0.265 e. The average molecular weight is 430 g/mol. The zero-order valence-corrected chi connectivity index (χ0v) is 17.9. The predicted molar refractivity (Wildman–Crippen MR) is 117 cm³/mol. The maximum atomic E-state index is 13.0. The van der Waals surface area contributed by atoms with Crippen molar-refractivity contribution in [3.05, 3.63) is 78.5 Å². The number of rotatable bonds is 3. The molecule has 7 heteroatoms. The molecular weight excluding hydrogens is 413 g/mol.